The second-order valence-corrected chi connectivity index (χ2v) is 4.32. The summed E-state index contributed by atoms with van der Waals surface area (Å²) in [6.45, 7) is 0.130. The number of nitrogens with two attached hydrogens (primary N) is 2. The fraction of sp³-hybridized carbons (Fsp3) is 0.333. The van der Waals surface area contributed by atoms with Gasteiger partial charge in [0, 0.05) is 6.42 Å². The Morgan fingerprint density at radius 1 is 1.35 bits per heavy atom. The first-order valence-corrected chi connectivity index (χ1v) is 5.87. The van der Waals surface area contributed by atoms with Gasteiger partial charge in [-0.15, -0.1) is 0 Å². The molecule has 2 rings (SSSR count). The maximum atomic E-state index is 12.7. The van der Waals surface area contributed by atoms with Gasteiger partial charge in [-0.2, -0.15) is 13.2 Å². The summed E-state index contributed by atoms with van der Waals surface area (Å²) in [6, 6.07) is 3.19. The lowest BCUT2D eigenvalue weighted by atomic mass is 10.2. The van der Waals surface area contributed by atoms with Gasteiger partial charge >= 0.3 is 6.18 Å². The molecular formula is C12H13F3N4O. The van der Waals surface area contributed by atoms with E-state index in [1.807, 2.05) is 0 Å². The van der Waals surface area contributed by atoms with Crippen molar-refractivity contribution >= 4 is 16.9 Å². The summed E-state index contributed by atoms with van der Waals surface area (Å²) in [7, 11) is 0. The number of rotatable bonds is 4. The van der Waals surface area contributed by atoms with Gasteiger partial charge in [-0.05, 0) is 24.7 Å². The molecule has 0 unspecified atom stereocenters. The Kier molecular flexibility index (Phi) is 3.67. The molecule has 2 aromatic rings. The number of carbonyl (C=O) groups excluding carboxylic acids is 1. The van der Waals surface area contributed by atoms with Crippen molar-refractivity contribution in [2.45, 2.75) is 19.1 Å². The highest BCUT2D eigenvalue weighted by molar-refractivity contribution is 5.81. The Labute approximate surface area is 112 Å². The van der Waals surface area contributed by atoms with Crippen LogP contribution >= 0.6 is 0 Å². The van der Waals surface area contributed by atoms with E-state index in [-0.39, 0.29) is 18.6 Å². The van der Waals surface area contributed by atoms with Crippen molar-refractivity contribution in [1.29, 1.82) is 0 Å². The van der Waals surface area contributed by atoms with Gasteiger partial charge in [-0.25, -0.2) is 4.98 Å². The molecule has 0 fully saturated rings. The molecule has 0 spiro atoms. The van der Waals surface area contributed by atoms with E-state index in [0.29, 0.717) is 17.8 Å². The number of primary amides is 1. The number of hydrogen-bond acceptors (Lipinski definition) is 3. The van der Waals surface area contributed by atoms with E-state index in [2.05, 4.69) is 4.98 Å². The van der Waals surface area contributed by atoms with E-state index in [0.717, 1.165) is 12.1 Å². The summed E-state index contributed by atoms with van der Waals surface area (Å²) < 4.78 is 39.4. The molecule has 8 heteroatoms. The van der Waals surface area contributed by atoms with Gasteiger partial charge in [-0.1, -0.05) is 0 Å². The number of nitrogens with zero attached hydrogens (tertiary/aromatic N) is 2. The van der Waals surface area contributed by atoms with E-state index in [4.69, 9.17) is 11.5 Å². The predicted octanol–water partition coefficient (Wildman–Crippen LogP) is 1.04. The van der Waals surface area contributed by atoms with Crippen molar-refractivity contribution in [2.24, 2.45) is 11.5 Å². The minimum atomic E-state index is -4.43. The third-order valence-electron chi connectivity index (χ3n) is 2.84. The third kappa shape index (κ3) is 2.74. The number of benzene rings is 1. The number of imidazole rings is 1. The normalized spacial score (nSPS) is 12.0. The minimum Gasteiger partial charge on any atom is -0.368 e. The van der Waals surface area contributed by atoms with Crippen LogP contribution in [0.5, 0.6) is 0 Å². The number of amides is 1. The van der Waals surface area contributed by atoms with Gasteiger partial charge < -0.3 is 16.0 Å². The quantitative estimate of drug-likeness (QED) is 0.880. The zero-order chi connectivity index (χ0) is 14.9. The van der Waals surface area contributed by atoms with Crippen molar-refractivity contribution in [3.63, 3.8) is 0 Å². The maximum absolute atomic E-state index is 12.7. The molecule has 1 amide bonds. The first kappa shape index (κ1) is 14.3. The van der Waals surface area contributed by atoms with Crippen LogP contribution in [0.25, 0.3) is 11.0 Å². The fourth-order valence-electron chi connectivity index (χ4n) is 2.01. The van der Waals surface area contributed by atoms with Crippen LogP contribution in [0.15, 0.2) is 18.2 Å². The van der Waals surface area contributed by atoms with E-state index in [9.17, 15) is 18.0 Å². The number of hydrogen-bond donors (Lipinski definition) is 2. The van der Waals surface area contributed by atoms with E-state index in [1.54, 1.807) is 0 Å². The molecule has 20 heavy (non-hydrogen) atoms. The second kappa shape index (κ2) is 5.12. The van der Waals surface area contributed by atoms with Crippen molar-refractivity contribution in [1.82, 2.24) is 9.55 Å². The molecule has 4 N–H and O–H groups in total. The van der Waals surface area contributed by atoms with Gasteiger partial charge in [0.05, 0.1) is 16.6 Å². The Morgan fingerprint density at radius 2 is 2.05 bits per heavy atom. The third-order valence-corrected chi connectivity index (χ3v) is 2.84. The highest BCUT2D eigenvalue weighted by atomic mass is 19.4. The first-order valence-electron chi connectivity index (χ1n) is 5.87. The van der Waals surface area contributed by atoms with Crippen molar-refractivity contribution in [3.05, 3.63) is 29.6 Å². The number of halogens is 3. The van der Waals surface area contributed by atoms with Gasteiger partial charge in [0.25, 0.3) is 0 Å². The highest BCUT2D eigenvalue weighted by Gasteiger charge is 2.31. The number of alkyl halides is 3. The standard InChI is InChI=1S/C12H13F3N4O/c13-12(14,15)7-1-2-9-8(5-7)18-11(3-4-16)19(9)6-10(17)20/h1-2,5H,3-4,6,16H2,(H2,17,20). The van der Waals surface area contributed by atoms with Crippen molar-refractivity contribution in [2.75, 3.05) is 6.54 Å². The van der Waals surface area contributed by atoms with Crippen LogP contribution in [0, 0.1) is 0 Å². The number of carbonyl (C=O) groups is 1. The molecule has 0 saturated heterocycles. The van der Waals surface area contributed by atoms with Gasteiger partial charge in [0.1, 0.15) is 12.4 Å². The zero-order valence-electron chi connectivity index (χ0n) is 10.4. The summed E-state index contributed by atoms with van der Waals surface area (Å²) in [5, 5.41) is 0. The topological polar surface area (TPSA) is 86.9 Å². The van der Waals surface area contributed by atoms with Crippen LogP contribution in [0.4, 0.5) is 13.2 Å². The molecule has 0 aliphatic heterocycles. The molecule has 1 aromatic carbocycles. The highest BCUT2D eigenvalue weighted by Crippen LogP contribution is 2.31. The average Bonchev–Trinajstić information content (AvgIpc) is 2.65. The van der Waals surface area contributed by atoms with E-state index in [1.165, 1.54) is 10.6 Å². The molecular weight excluding hydrogens is 273 g/mol. The van der Waals surface area contributed by atoms with E-state index >= 15 is 0 Å². The maximum Gasteiger partial charge on any atom is 0.416 e. The van der Waals surface area contributed by atoms with Crippen LogP contribution in [0.3, 0.4) is 0 Å². The SMILES string of the molecule is NCCc1nc2cc(C(F)(F)F)ccc2n1CC(N)=O. The first-order chi connectivity index (χ1) is 9.32. The lowest BCUT2D eigenvalue weighted by Gasteiger charge is -2.07. The van der Waals surface area contributed by atoms with Gasteiger partial charge in [0.2, 0.25) is 5.91 Å². The van der Waals surface area contributed by atoms with Crippen LogP contribution < -0.4 is 11.5 Å². The molecule has 0 radical (unpaired) electrons. The molecule has 0 aliphatic rings. The second-order valence-electron chi connectivity index (χ2n) is 4.32. The largest absolute Gasteiger partial charge is 0.416 e. The molecule has 5 nitrogen and oxygen atoms in total. The fourth-order valence-corrected chi connectivity index (χ4v) is 2.01. The Bertz CT molecular complexity index is 648. The zero-order valence-corrected chi connectivity index (χ0v) is 10.4. The Hall–Kier alpha value is -2.09. The summed E-state index contributed by atoms with van der Waals surface area (Å²) in [5.41, 5.74) is 10.4. The number of aromatic nitrogens is 2. The van der Waals surface area contributed by atoms with Gasteiger partial charge in [0.15, 0.2) is 0 Å². The lowest BCUT2D eigenvalue weighted by molar-refractivity contribution is -0.137. The molecule has 0 aliphatic carbocycles. The summed E-state index contributed by atoms with van der Waals surface area (Å²) in [4.78, 5) is 15.2. The monoisotopic (exact) mass is 286 g/mol. The Balaban J connectivity index is 2.58. The molecule has 108 valence electrons. The van der Waals surface area contributed by atoms with Crippen molar-refractivity contribution < 1.29 is 18.0 Å². The average molecular weight is 286 g/mol. The predicted molar refractivity (Wildman–Crippen MR) is 66.7 cm³/mol. The van der Waals surface area contributed by atoms with Gasteiger partial charge in [-0.3, -0.25) is 4.79 Å². The smallest absolute Gasteiger partial charge is 0.368 e. The summed E-state index contributed by atoms with van der Waals surface area (Å²) in [5.74, 6) is -0.150. The molecule has 0 atom stereocenters. The number of fused-ring (bicyclic) bond motifs is 1. The molecule has 1 heterocycles. The summed E-state index contributed by atoms with van der Waals surface area (Å²) in [6.07, 6.45) is -4.08. The van der Waals surface area contributed by atoms with Crippen LogP contribution in [-0.2, 0) is 23.9 Å². The summed E-state index contributed by atoms with van der Waals surface area (Å²) >= 11 is 0. The van der Waals surface area contributed by atoms with Crippen molar-refractivity contribution in [3.8, 4) is 0 Å². The van der Waals surface area contributed by atoms with Crippen LogP contribution in [-0.4, -0.2) is 22.0 Å². The Morgan fingerprint density at radius 3 is 2.60 bits per heavy atom. The molecule has 1 aromatic heterocycles. The minimum absolute atomic E-state index is 0.142. The lowest BCUT2D eigenvalue weighted by Crippen LogP contribution is -2.21. The molecule has 0 saturated carbocycles. The van der Waals surface area contributed by atoms with E-state index < -0.39 is 17.6 Å². The van der Waals surface area contributed by atoms with Crippen LogP contribution in [0.2, 0.25) is 0 Å². The molecule has 0 bridgehead atoms. The van der Waals surface area contributed by atoms with Crippen LogP contribution in [0.1, 0.15) is 11.4 Å².